The Morgan fingerprint density at radius 1 is 1.46 bits per heavy atom. The average molecular weight is 190 g/mol. The van der Waals surface area contributed by atoms with E-state index >= 15 is 0 Å². The number of esters is 1. The molecular weight excluding hydrogens is 172 g/mol. The molecule has 78 valence electrons. The first-order valence-electron chi connectivity index (χ1n) is 4.47. The second-order valence-corrected chi connectivity index (χ2v) is 2.90. The van der Waals surface area contributed by atoms with Gasteiger partial charge in [-0.2, -0.15) is 0 Å². The third-order valence-electron chi connectivity index (χ3n) is 1.66. The van der Waals surface area contributed by atoms with Crippen molar-refractivity contribution in [2.24, 2.45) is 0 Å². The number of unbranched alkanes of at least 4 members (excludes halogenated alkanes) is 1. The molecule has 1 atom stereocenters. The number of aliphatic hydroxyl groups excluding tert-OH is 1. The third kappa shape index (κ3) is 7.74. The Bertz CT molecular complexity index is 136. The van der Waals surface area contributed by atoms with Gasteiger partial charge in [0.05, 0.1) is 6.61 Å². The Hall–Kier alpha value is -0.610. The van der Waals surface area contributed by atoms with Crippen molar-refractivity contribution in [1.82, 2.24) is 0 Å². The summed E-state index contributed by atoms with van der Waals surface area (Å²) in [6.45, 7) is 1.95. The van der Waals surface area contributed by atoms with Crippen molar-refractivity contribution >= 4 is 5.97 Å². The second-order valence-electron chi connectivity index (χ2n) is 2.90. The minimum absolute atomic E-state index is 0.105. The van der Waals surface area contributed by atoms with Crippen molar-refractivity contribution < 1.29 is 19.4 Å². The first kappa shape index (κ1) is 12.4. The molecule has 0 aromatic carbocycles. The zero-order valence-corrected chi connectivity index (χ0v) is 8.28. The number of carbonyl (C=O) groups excluding carboxylic acids is 1. The number of aliphatic hydroxyl groups is 1. The Morgan fingerprint density at radius 2 is 2.15 bits per heavy atom. The van der Waals surface area contributed by atoms with E-state index < -0.39 is 0 Å². The maximum absolute atomic E-state index is 10.5. The van der Waals surface area contributed by atoms with Gasteiger partial charge in [-0.3, -0.25) is 4.79 Å². The van der Waals surface area contributed by atoms with Crippen LogP contribution in [-0.4, -0.2) is 37.5 Å². The molecule has 13 heavy (non-hydrogen) atoms. The summed E-state index contributed by atoms with van der Waals surface area (Å²) >= 11 is 0. The summed E-state index contributed by atoms with van der Waals surface area (Å²) in [5, 5.41) is 8.82. The van der Waals surface area contributed by atoms with Crippen molar-refractivity contribution in [3.05, 3.63) is 0 Å². The molecular formula is C9H18O4. The summed E-state index contributed by atoms with van der Waals surface area (Å²) in [6.07, 6.45) is 2.16. The smallest absolute Gasteiger partial charge is 0.302 e. The Labute approximate surface area is 78.8 Å². The highest BCUT2D eigenvalue weighted by molar-refractivity contribution is 5.66. The van der Waals surface area contributed by atoms with Gasteiger partial charge in [0.2, 0.25) is 0 Å². The molecule has 1 unspecified atom stereocenters. The predicted octanol–water partition coefficient (Wildman–Crippen LogP) is 0.727. The first-order valence-corrected chi connectivity index (χ1v) is 4.47. The number of rotatable bonds is 7. The molecule has 0 fully saturated rings. The van der Waals surface area contributed by atoms with Gasteiger partial charge in [0.1, 0.15) is 6.10 Å². The van der Waals surface area contributed by atoms with Gasteiger partial charge >= 0.3 is 5.97 Å². The van der Waals surface area contributed by atoms with Crippen LogP contribution >= 0.6 is 0 Å². The summed E-state index contributed by atoms with van der Waals surface area (Å²) in [5.41, 5.74) is 0. The summed E-state index contributed by atoms with van der Waals surface area (Å²) in [7, 11) is 1.65. The number of hydrogen-bond acceptors (Lipinski definition) is 4. The van der Waals surface area contributed by atoms with E-state index in [4.69, 9.17) is 14.6 Å². The zero-order chi connectivity index (χ0) is 10.1. The average Bonchev–Trinajstić information content (AvgIpc) is 2.09. The van der Waals surface area contributed by atoms with Crippen LogP contribution in [0.1, 0.15) is 26.2 Å². The van der Waals surface area contributed by atoms with E-state index in [9.17, 15) is 4.79 Å². The topological polar surface area (TPSA) is 55.8 Å². The van der Waals surface area contributed by atoms with Gasteiger partial charge in [-0.1, -0.05) is 0 Å². The Morgan fingerprint density at radius 3 is 2.62 bits per heavy atom. The lowest BCUT2D eigenvalue weighted by molar-refractivity contribution is -0.148. The minimum Gasteiger partial charge on any atom is -0.460 e. The first-order chi connectivity index (χ1) is 6.20. The highest BCUT2D eigenvalue weighted by Crippen LogP contribution is 2.04. The molecule has 4 heteroatoms. The van der Waals surface area contributed by atoms with Gasteiger partial charge in [0, 0.05) is 20.6 Å². The molecule has 0 aromatic heterocycles. The van der Waals surface area contributed by atoms with Crippen LogP contribution in [0.2, 0.25) is 0 Å². The van der Waals surface area contributed by atoms with Crippen LogP contribution in [0.25, 0.3) is 0 Å². The molecule has 0 saturated carbocycles. The summed E-state index contributed by atoms with van der Waals surface area (Å²) in [5.74, 6) is -0.342. The molecule has 1 N–H and O–H groups in total. The van der Waals surface area contributed by atoms with Crippen LogP contribution in [0.15, 0.2) is 0 Å². The van der Waals surface area contributed by atoms with Crippen molar-refractivity contribution in [2.45, 2.75) is 32.3 Å². The van der Waals surface area contributed by atoms with Gasteiger partial charge in [-0.15, -0.1) is 0 Å². The highest BCUT2D eigenvalue weighted by Gasteiger charge is 2.09. The standard InChI is InChI=1S/C9H18O4/c1-8(11)13-9(7-10)5-3-4-6-12-2/h9-10H,3-7H2,1-2H3. The molecule has 0 heterocycles. The largest absolute Gasteiger partial charge is 0.460 e. The fourth-order valence-electron chi connectivity index (χ4n) is 1.04. The maximum atomic E-state index is 10.5. The number of ether oxygens (including phenoxy) is 2. The van der Waals surface area contributed by atoms with E-state index in [2.05, 4.69) is 0 Å². The lowest BCUT2D eigenvalue weighted by atomic mass is 10.1. The lowest BCUT2D eigenvalue weighted by Crippen LogP contribution is -2.20. The Balaban J connectivity index is 3.42. The van der Waals surface area contributed by atoms with Crippen LogP contribution in [0.4, 0.5) is 0 Å². The summed E-state index contributed by atoms with van der Waals surface area (Å²) in [6, 6.07) is 0. The van der Waals surface area contributed by atoms with Gasteiger partial charge in [-0.05, 0) is 19.3 Å². The van der Waals surface area contributed by atoms with Crippen LogP contribution in [0.5, 0.6) is 0 Å². The fourth-order valence-corrected chi connectivity index (χ4v) is 1.04. The molecule has 0 saturated heterocycles. The van der Waals surface area contributed by atoms with E-state index in [1.54, 1.807) is 7.11 Å². The number of methoxy groups -OCH3 is 1. The van der Waals surface area contributed by atoms with Crippen LogP contribution in [-0.2, 0) is 14.3 Å². The number of hydrogen-bond donors (Lipinski definition) is 1. The fraction of sp³-hybridized carbons (Fsp3) is 0.889. The van der Waals surface area contributed by atoms with E-state index in [0.29, 0.717) is 13.0 Å². The van der Waals surface area contributed by atoms with E-state index in [1.807, 2.05) is 0 Å². The summed E-state index contributed by atoms with van der Waals surface area (Å²) < 4.78 is 9.72. The molecule has 0 amide bonds. The normalized spacial score (nSPS) is 12.5. The predicted molar refractivity (Wildman–Crippen MR) is 48.4 cm³/mol. The molecule has 0 bridgehead atoms. The maximum Gasteiger partial charge on any atom is 0.302 e. The van der Waals surface area contributed by atoms with Crippen LogP contribution < -0.4 is 0 Å². The minimum atomic E-state index is -0.352. The van der Waals surface area contributed by atoms with Crippen molar-refractivity contribution in [3.63, 3.8) is 0 Å². The highest BCUT2D eigenvalue weighted by atomic mass is 16.5. The van der Waals surface area contributed by atoms with Crippen molar-refractivity contribution in [3.8, 4) is 0 Å². The molecule has 0 aliphatic heterocycles. The van der Waals surface area contributed by atoms with Crippen LogP contribution in [0.3, 0.4) is 0 Å². The number of carbonyl (C=O) groups is 1. The quantitative estimate of drug-likeness (QED) is 0.475. The summed E-state index contributed by atoms with van der Waals surface area (Å²) in [4.78, 5) is 10.5. The van der Waals surface area contributed by atoms with Gasteiger partial charge in [-0.25, -0.2) is 0 Å². The van der Waals surface area contributed by atoms with Crippen LogP contribution in [0, 0.1) is 0 Å². The second kappa shape index (κ2) is 8.01. The SMILES string of the molecule is COCCCCC(CO)OC(C)=O. The van der Waals surface area contributed by atoms with Crippen molar-refractivity contribution in [2.75, 3.05) is 20.3 Å². The molecule has 0 radical (unpaired) electrons. The Kier molecular flexibility index (Phi) is 7.63. The molecule has 0 aliphatic carbocycles. The van der Waals surface area contributed by atoms with E-state index in [-0.39, 0.29) is 18.7 Å². The van der Waals surface area contributed by atoms with Gasteiger partial charge < -0.3 is 14.6 Å². The third-order valence-corrected chi connectivity index (χ3v) is 1.66. The molecule has 0 spiro atoms. The van der Waals surface area contributed by atoms with E-state index in [0.717, 1.165) is 12.8 Å². The van der Waals surface area contributed by atoms with Gasteiger partial charge in [0.25, 0.3) is 0 Å². The molecule has 0 aromatic rings. The molecule has 0 rings (SSSR count). The molecule has 4 nitrogen and oxygen atoms in total. The monoisotopic (exact) mass is 190 g/mol. The lowest BCUT2D eigenvalue weighted by Gasteiger charge is -2.13. The zero-order valence-electron chi connectivity index (χ0n) is 8.28. The van der Waals surface area contributed by atoms with E-state index in [1.165, 1.54) is 6.92 Å². The van der Waals surface area contributed by atoms with Gasteiger partial charge in [0.15, 0.2) is 0 Å². The molecule has 0 aliphatic rings. The van der Waals surface area contributed by atoms with Crippen molar-refractivity contribution in [1.29, 1.82) is 0 Å².